The maximum Gasteiger partial charge on any atom is 0.255 e. The third-order valence-electron chi connectivity index (χ3n) is 2.81. The van der Waals surface area contributed by atoms with Crippen LogP contribution in [0, 0.1) is 18.5 Å². The number of benzene rings is 1. The minimum absolute atomic E-state index is 0.122. The quantitative estimate of drug-likeness (QED) is 0.808. The second kappa shape index (κ2) is 5.14. The molecular weight excluding hydrogens is 244 g/mol. The van der Waals surface area contributed by atoms with Crippen LogP contribution in [0.25, 0.3) is 0 Å². The number of pyridine rings is 1. The van der Waals surface area contributed by atoms with E-state index in [-0.39, 0.29) is 5.91 Å². The number of nitrogens with one attached hydrogen (secondary N) is 2. The Balaban J connectivity index is 2.19. The maximum absolute atomic E-state index is 12.0. The van der Waals surface area contributed by atoms with Gasteiger partial charge in [0.25, 0.3) is 5.91 Å². The zero-order valence-corrected chi connectivity index (χ0v) is 11.1. The Hall–Kier alpha value is -1.94. The van der Waals surface area contributed by atoms with E-state index in [1.54, 1.807) is 18.3 Å². The summed E-state index contributed by atoms with van der Waals surface area (Å²) in [6.07, 6.45) is 1.68. The zero-order chi connectivity index (χ0) is 13.1. The van der Waals surface area contributed by atoms with Crippen LogP contribution in [0.5, 0.6) is 0 Å². The van der Waals surface area contributed by atoms with E-state index in [2.05, 4.69) is 10.3 Å². The standard InChI is InChI=1S/C14H14N2OS/c1-9-3-4-11(7-10(9)2)14(17)16-12-5-6-13(18)15-8-12/h3-8H,1-2H3,(H,15,18)(H,16,17). The number of carbonyl (C=O) groups excluding carboxylic acids is 1. The lowest BCUT2D eigenvalue weighted by Crippen LogP contribution is -2.12. The van der Waals surface area contributed by atoms with E-state index in [9.17, 15) is 4.79 Å². The van der Waals surface area contributed by atoms with E-state index in [0.29, 0.717) is 15.9 Å². The molecular formula is C14H14N2OS. The lowest BCUT2D eigenvalue weighted by molar-refractivity contribution is 0.102. The second-order valence-electron chi connectivity index (χ2n) is 4.19. The molecule has 0 fully saturated rings. The molecule has 1 aromatic heterocycles. The summed E-state index contributed by atoms with van der Waals surface area (Å²) in [6, 6.07) is 9.17. The molecule has 0 saturated carbocycles. The van der Waals surface area contributed by atoms with Crippen LogP contribution in [0.1, 0.15) is 21.5 Å². The molecule has 0 aliphatic carbocycles. The number of anilines is 1. The summed E-state index contributed by atoms with van der Waals surface area (Å²) < 4.78 is 0.638. The van der Waals surface area contributed by atoms with Crippen molar-refractivity contribution in [1.29, 1.82) is 0 Å². The van der Waals surface area contributed by atoms with Gasteiger partial charge < -0.3 is 10.3 Å². The number of hydrogen-bond acceptors (Lipinski definition) is 2. The highest BCUT2D eigenvalue weighted by molar-refractivity contribution is 7.71. The van der Waals surface area contributed by atoms with Crippen LogP contribution in [0.15, 0.2) is 36.5 Å². The molecule has 0 unspecified atom stereocenters. The molecule has 4 heteroatoms. The first-order valence-electron chi connectivity index (χ1n) is 5.63. The summed E-state index contributed by atoms with van der Waals surface area (Å²) in [5, 5.41) is 2.82. The van der Waals surface area contributed by atoms with Crippen molar-refractivity contribution in [2.75, 3.05) is 5.32 Å². The van der Waals surface area contributed by atoms with Gasteiger partial charge in [-0.1, -0.05) is 18.3 Å². The van der Waals surface area contributed by atoms with Gasteiger partial charge in [0, 0.05) is 11.8 Å². The predicted molar refractivity (Wildman–Crippen MR) is 75.5 cm³/mol. The summed E-state index contributed by atoms with van der Waals surface area (Å²) in [4.78, 5) is 14.9. The van der Waals surface area contributed by atoms with Crippen molar-refractivity contribution >= 4 is 23.8 Å². The van der Waals surface area contributed by atoms with Crippen LogP contribution in [0.4, 0.5) is 5.69 Å². The monoisotopic (exact) mass is 258 g/mol. The van der Waals surface area contributed by atoms with Crippen molar-refractivity contribution in [3.63, 3.8) is 0 Å². The third-order valence-corrected chi connectivity index (χ3v) is 3.07. The fourth-order valence-electron chi connectivity index (χ4n) is 1.57. The van der Waals surface area contributed by atoms with Gasteiger partial charge in [0.1, 0.15) is 4.64 Å². The number of carbonyl (C=O) groups is 1. The zero-order valence-electron chi connectivity index (χ0n) is 10.3. The van der Waals surface area contributed by atoms with Crippen LogP contribution in [0.3, 0.4) is 0 Å². The van der Waals surface area contributed by atoms with Crippen molar-refractivity contribution in [3.8, 4) is 0 Å². The smallest absolute Gasteiger partial charge is 0.255 e. The van der Waals surface area contributed by atoms with Crippen molar-refractivity contribution in [2.24, 2.45) is 0 Å². The number of H-pyrrole nitrogens is 1. The molecule has 0 aliphatic heterocycles. The van der Waals surface area contributed by atoms with Gasteiger partial charge in [0.05, 0.1) is 5.69 Å². The Bertz CT molecular complexity index is 626. The molecule has 0 radical (unpaired) electrons. The van der Waals surface area contributed by atoms with Gasteiger partial charge >= 0.3 is 0 Å². The van der Waals surface area contributed by atoms with E-state index < -0.39 is 0 Å². The normalized spacial score (nSPS) is 10.1. The summed E-state index contributed by atoms with van der Waals surface area (Å²) >= 11 is 4.94. The van der Waals surface area contributed by atoms with Crippen molar-refractivity contribution in [3.05, 3.63) is 57.9 Å². The predicted octanol–water partition coefficient (Wildman–Crippen LogP) is 3.61. The molecule has 0 saturated heterocycles. The van der Waals surface area contributed by atoms with Gasteiger partial charge in [-0.15, -0.1) is 0 Å². The minimum atomic E-state index is -0.122. The maximum atomic E-state index is 12.0. The first kappa shape index (κ1) is 12.5. The molecule has 2 rings (SSSR count). The Kier molecular flexibility index (Phi) is 3.58. The topological polar surface area (TPSA) is 44.9 Å². The fourth-order valence-corrected chi connectivity index (χ4v) is 1.70. The molecule has 0 atom stereocenters. The molecule has 0 bridgehead atoms. The molecule has 1 heterocycles. The number of aryl methyl sites for hydroxylation is 2. The number of hydrogen-bond donors (Lipinski definition) is 2. The summed E-state index contributed by atoms with van der Waals surface area (Å²) in [5.74, 6) is -0.122. The van der Waals surface area contributed by atoms with Gasteiger partial charge in [0.15, 0.2) is 0 Å². The van der Waals surface area contributed by atoms with E-state index in [1.807, 2.05) is 32.0 Å². The van der Waals surface area contributed by atoms with Crippen molar-refractivity contribution < 1.29 is 4.79 Å². The molecule has 2 N–H and O–H groups in total. The van der Waals surface area contributed by atoms with E-state index in [0.717, 1.165) is 5.56 Å². The minimum Gasteiger partial charge on any atom is -0.351 e. The Labute approximate surface area is 111 Å². The lowest BCUT2D eigenvalue weighted by Gasteiger charge is -2.07. The van der Waals surface area contributed by atoms with Gasteiger partial charge in [-0.25, -0.2) is 0 Å². The molecule has 1 aromatic carbocycles. The summed E-state index contributed by atoms with van der Waals surface area (Å²) in [7, 11) is 0. The largest absolute Gasteiger partial charge is 0.351 e. The fraction of sp³-hybridized carbons (Fsp3) is 0.143. The van der Waals surface area contributed by atoms with Crippen LogP contribution in [-0.2, 0) is 0 Å². The van der Waals surface area contributed by atoms with E-state index in [1.165, 1.54) is 5.56 Å². The Morgan fingerprint density at radius 1 is 1.17 bits per heavy atom. The molecule has 0 aliphatic rings. The SMILES string of the molecule is Cc1ccc(C(=O)Nc2ccc(=S)[nH]c2)cc1C. The highest BCUT2D eigenvalue weighted by Crippen LogP contribution is 2.12. The second-order valence-corrected chi connectivity index (χ2v) is 4.63. The van der Waals surface area contributed by atoms with E-state index >= 15 is 0 Å². The number of amides is 1. The van der Waals surface area contributed by atoms with Gasteiger partial charge in [0.2, 0.25) is 0 Å². The highest BCUT2D eigenvalue weighted by atomic mass is 32.1. The Morgan fingerprint density at radius 3 is 2.56 bits per heavy atom. The molecule has 18 heavy (non-hydrogen) atoms. The first-order valence-corrected chi connectivity index (χ1v) is 6.04. The van der Waals surface area contributed by atoms with Crippen LogP contribution < -0.4 is 5.32 Å². The van der Waals surface area contributed by atoms with Crippen LogP contribution in [-0.4, -0.2) is 10.9 Å². The van der Waals surface area contributed by atoms with Crippen LogP contribution >= 0.6 is 12.2 Å². The third kappa shape index (κ3) is 2.84. The van der Waals surface area contributed by atoms with Gasteiger partial charge in [-0.2, -0.15) is 0 Å². The Morgan fingerprint density at radius 2 is 1.94 bits per heavy atom. The number of aromatic nitrogens is 1. The highest BCUT2D eigenvalue weighted by Gasteiger charge is 2.06. The van der Waals surface area contributed by atoms with Crippen LogP contribution in [0.2, 0.25) is 0 Å². The summed E-state index contributed by atoms with van der Waals surface area (Å²) in [6.45, 7) is 4.01. The van der Waals surface area contributed by atoms with Gasteiger partial charge in [-0.05, 0) is 49.2 Å². The first-order chi connectivity index (χ1) is 8.56. The molecule has 1 amide bonds. The lowest BCUT2D eigenvalue weighted by atomic mass is 10.1. The average Bonchev–Trinajstić information content (AvgIpc) is 2.35. The average molecular weight is 258 g/mol. The molecule has 2 aromatic rings. The van der Waals surface area contributed by atoms with E-state index in [4.69, 9.17) is 12.2 Å². The van der Waals surface area contributed by atoms with Crippen molar-refractivity contribution in [1.82, 2.24) is 4.98 Å². The molecule has 92 valence electrons. The number of rotatable bonds is 2. The van der Waals surface area contributed by atoms with Gasteiger partial charge in [-0.3, -0.25) is 4.79 Å². The molecule has 0 spiro atoms. The van der Waals surface area contributed by atoms with Crippen molar-refractivity contribution in [2.45, 2.75) is 13.8 Å². The summed E-state index contributed by atoms with van der Waals surface area (Å²) in [5.41, 5.74) is 3.64. The molecule has 3 nitrogen and oxygen atoms in total. The number of aromatic amines is 1.